The normalized spacial score (nSPS) is 11.5. The summed E-state index contributed by atoms with van der Waals surface area (Å²) in [5.41, 5.74) is 4.60. The van der Waals surface area contributed by atoms with Crippen molar-refractivity contribution in [3.05, 3.63) is 76.0 Å². The van der Waals surface area contributed by atoms with Crippen LogP contribution in [-0.4, -0.2) is 28.0 Å². The van der Waals surface area contributed by atoms with Crippen LogP contribution in [-0.2, 0) is 21.4 Å². The highest BCUT2D eigenvalue weighted by molar-refractivity contribution is 7.92. The average molecular weight is 500 g/mol. The zero-order valence-electron chi connectivity index (χ0n) is 21.3. The van der Waals surface area contributed by atoms with Gasteiger partial charge in [0, 0.05) is 6.54 Å². The van der Waals surface area contributed by atoms with Crippen LogP contribution in [0.1, 0.15) is 52.2 Å². The lowest BCUT2D eigenvalue weighted by molar-refractivity contribution is 0.0600. The van der Waals surface area contributed by atoms with Crippen molar-refractivity contribution in [2.75, 3.05) is 18.0 Å². The van der Waals surface area contributed by atoms with Crippen molar-refractivity contribution >= 4 is 21.7 Å². The van der Waals surface area contributed by atoms with Gasteiger partial charge in [0.1, 0.15) is 18.1 Å². The lowest BCUT2D eigenvalue weighted by Gasteiger charge is -2.28. The van der Waals surface area contributed by atoms with Crippen molar-refractivity contribution in [2.24, 2.45) is 5.92 Å². The summed E-state index contributed by atoms with van der Waals surface area (Å²) in [5, 5.41) is -0.103. The number of hydrogen-bond acceptors (Lipinski definition) is 6. The molecule has 1 heterocycles. The molecule has 0 N–H and O–H groups in total. The highest BCUT2D eigenvalue weighted by Gasteiger charge is 2.31. The third kappa shape index (κ3) is 5.88. The monoisotopic (exact) mass is 499 g/mol. The first-order valence-electron chi connectivity index (χ1n) is 11.4. The van der Waals surface area contributed by atoms with E-state index in [1.807, 2.05) is 52.8 Å². The molecule has 0 amide bonds. The molecule has 0 bridgehead atoms. The molecule has 3 aromatic rings. The number of hydrogen-bond donors (Lipinski definition) is 0. The van der Waals surface area contributed by atoms with E-state index in [0.29, 0.717) is 22.8 Å². The fourth-order valence-corrected chi connectivity index (χ4v) is 5.25. The van der Waals surface area contributed by atoms with Crippen LogP contribution >= 0.6 is 0 Å². The van der Waals surface area contributed by atoms with E-state index in [1.54, 1.807) is 25.1 Å². The largest absolute Gasteiger partial charge is 0.487 e. The van der Waals surface area contributed by atoms with Crippen molar-refractivity contribution in [1.29, 1.82) is 0 Å². The van der Waals surface area contributed by atoms with Gasteiger partial charge < -0.3 is 13.9 Å². The van der Waals surface area contributed by atoms with Gasteiger partial charge in [-0.2, -0.15) is 8.42 Å². The van der Waals surface area contributed by atoms with Crippen molar-refractivity contribution < 1.29 is 27.1 Å². The number of furan rings is 1. The molecule has 0 saturated carbocycles. The zero-order chi connectivity index (χ0) is 25.9. The SMILES string of the molecule is COC(=O)c1ccc(COc2cc(C)c(C)cc2N(CC(C)C)S(=O)(=O)c2ccc(C)o2)c(C)c1. The summed E-state index contributed by atoms with van der Waals surface area (Å²) in [6.45, 7) is 11.9. The van der Waals surface area contributed by atoms with Gasteiger partial charge in [-0.1, -0.05) is 19.9 Å². The van der Waals surface area contributed by atoms with Gasteiger partial charge in [-0.3, -0.25) is 4.31 Å². The van der Waals surface area contributed by atoms with Crippen molar-refractivity contribution in [2.45, 2.75) is 53.2 Å². The molecule has 1 aromatic heterocycles. The summed E-state index contributed by atoms with van der Waals surface area (Å²) < 4.78 is 45.1. The molecule has 0 radical (unpaired) electrons. The van der Waals surface area contributed by atoms with E-state index in [4.69, 9.17) is 13.9 Å². The molecule has 0 aliphatic heterocycles. The van der Waals surface area contributed by atoms with Crippen molar-refractivity contribution in [1.82, 2.24) is 0 Å². The van der Waals surface area contributed by atoms with Crippen LogP contribution in [0, 0.1) is 33.6 Å². The molecular weight excluding hydrogens is 466 g/mol. The zero-order valence-corrected chi connectivity index (χ0v) is 22.2. The van der Waals surface area contributed by atoms with E-state index >= 15 is 0 Å². The second kappa shape index (κ2) is 10.6. The van der Waals surface area contributed by atoms with E-state index in [2.05, 4.69) is 0 Å². The van der Waals surface area contributed by atoms with Gasteiger partial charge in [0.2, 0.25) is 5.09 Å². The number of carbonyl (C=O) groups excluding carboxylic acids is 1. The second-order valence-corrected chi connectivity index (χ2v) is 10.9. The Kier molecular flexibility index (Phi) is 7.95. The number of ether oxygens (including phenoxy) is 2. The van der Waals surface area contributed by atoms with Crippen LogP contribution in [0.4, 0.5) is 5.69 Å². The average Bonchev–Trinajstić information content (AvgIpc) is 3.25. The van der Waals surface area contributed by atoms with Crippen LogP contribution in [0.2, 0.25) is 0 Å². The Morgan fingerprint density at radius 2 is 1.66 bits per heavy atom. The molecule has 35 heavy (non-hydrogen) atoms. The van der Waals surface area contributed by atoms with Crippen LogP contribution in [0.25, 0.3) is 0 Å². The summed E-state index contributed by atoms with van der Waals surface area (Å²) in [7, 11) is -2.61. The lowest BCUT2D eigenvalue weighted by Crippen LogP contribution is -2.34. The van der Waals surface area contributed by atoms with Gasteiger partial charge in [0.15, 0.2) is 0 Å². The van der Waals surface area contributed by atoms with Gasteiger partial charge in [0.25, 0.3) is 10.0 Å². The maximum atomic E-state index is 13.6. The Bertz CT molecular complexity index is 1320. The Morgan fingerprint density at radius 3 is 2.23 bits per heavy atom. The van der Waals surface area contributed by atoms with Crippen LogP contribution in [0.5, 0.6) is 5.75 Å². The fourth-order valence-electron chi connectivity index (χ4n) is 3.66. The standard InChI is InChI=1S/C27H33NO6S/c1-17(2)15-28(35(30,31)26-11-8-21(6)34-26)24-13-18(3)19(4)14-25(24)33-16-23-10-9-22(12-20(23)5)27(29)32-7/h8-14,17H,15-16H2,1-7H3. The third-order valence-electron chi connectivity index (χ3n) is 5.78. The number of rotatable bonds is 9. The van der Waals surface area contributed by atoms with E-state index in [-0.39, 0.29) is 24.2 Å². The number of sulfonamides is 1. The Morgan fingerprint density at radius 1 is 0.971 bits per heavy atom. The Hall–Kier alpha value is -3.26. The maximum Gasteiger partial charge on any atom is 0.337 e. The molecule has 0 aliphatic rings. The fraction of sp³-hybridized carbons (Fsp3) is 0.370. The molecule has 0 saturated heterocycles. The number of methoxy groups -OCH3 is 1. The lowest BCUT2D eigenvalue weighted by atomic mass is 10.1. The van der Waals surface area contributed by atoms with Gasteiger partial charge in [-0.15, -0.1) is 0 Å². The van der Waals surface area contributed by atoms with E-state index < -0.39 is 16.0 Å². The third-order valence-corrected chi connectivity index (χ3v) is 7.44. The summed E-state index contributed by atoms with van der Waals surface area (Å²) in [5.74, 6) is 0.635. The molecule has 0 atom stereocenters. The van der Waals surface area contributed by atoms with E-state index in [0.717, 1.165) is 22.3 Å². The quantitative estimate of drug-likeness (QED) is 0.350. The topological polar surface area (TPSA) is 86.0 Å². The first-order valence-corrected chi connectivity index (χ1v) is 12.9. The van der Waals surface area contributed by atoms with Gasteiger partial charge >= 0.3 is 5.97 Å². The molecule has 7 nitrogen and oxygen atoms in total. The number of anilines is 1. The second-order valence-electron chi connectivity index (χ2n) is 9.12. The van der Waals surface area contributed by atoms with Gasteiger partial charge in [0.05, 0.1) is 18.4 Å². The van der Waals surface area contributed by atoms with Crippen LogP contribution < -0.4 is 9.04 Å². The molecule has 0 spiro atoms. The first-order chi connectivity index (χ1) is 16.4. The number of aryl methyl sites for hydroxylation is 4. The molecule has 0 unspecified atom stereocenters. The van der Waals surface area contributed by atoms with Crippen LogP contribution in [0.3, 0.4) is 0 Å². The van der Waals surface area contributed by atoms with Gasteiger partial charge in [-0.25, -0.2) is 4.79 Å². The highest BCUT2D eigenvalue weighted by Crippen LogP contribution is 2.36. The number of nitrogens with zero attached hydrogens (tertiary/aromatic N) is 1. The summed E-state index contributed by atoms with van der Waals surface area (Å²) in [6.07, 6.45) is 0. The molecular formula is C27H33NO6S. The molecule has 188 valence electrons. The van der Waals surface area contributed by atoms with Crippen molar-refractivity contribution in [3.63, 3.8) is 0 Å². The van der Waals surface area contributed by atoms with E-state index in [1.165, 1.54) is 17.5 Å². The predicted octanol–water partition coefficient (Wildman–Crippen LogP) is 5.73. The van der Waals surface area contributed by atoms with Crippen molar-refractivity contribution in [3.8, 4) is 5.75 Å². The smallest absolute Gasteiger partial charge is 0.337 e. The summed E-state index contributed by atoms with van der Waals surface area (Å²) in [4.78, 5) is 11.8. The minimum atomic E-state index is -3.95. The number of esters is 1. The number of carbonyl (C=O) groups is 1. The van der Waals surface area contributed by atoms with E-state index in [9.17, 15) is 13.2 Å². The minimum absolute atomic E-state index is 0.0587. The predicted molar refractivity (Wildman–Crippen MR) is 136 cm³/mol. The minimum Gasteiger partial charge on any atom is -0.487 e. The first kappa shape index (κ1) is 26.3. The summed E-state index contributed by atoms with van der Waals surface area (Å²) in [6, 6.07) is 12.1. The molecule has 8 heteroatoms. The molecule has 2 aromatic carbocycles. The summed E-state index contributed by atoms with van der Waals surface area (Å²) >= 11 is 0. The maximum absolute atomic E-state index is 13.6. The Labute approximate surface area is 207 Å². The van der Waals surface area contributed by atoms with Gasteiger partial charge in [-0.05, 0) is 92.3 Å². The molecule has 3 rings (SSSR count). The molecule has 0 fully saturated rings. The number of benzene rings is 2. The highest BCUT2D eigenvalue weighted by atomic mass is 32.2. The Balaban J connectivity index is 2.02. The van der Waals surface area contributed by atoms with Crippen LogP contribution in [0.15, 0.2) is 52.0 Å². The molecule has 0 aliphatic carbocycles.